The van der Waals surface area contributed by atoms with Crippen LogP contribution in [0.2, 0.25) is 0 Å². The average molecular weight is 277 g/mol. The highest BCUT2D eigenvalue weighted by molar-refractivity contribution is 5.75. The number of amides is 1. The van der Waals surface area contributed by atoms with Gasteiger partial charge in [0.15, 0.2) is 0 Å². The summed E-state index contributed by atoms with van der Waals surface area (Å²) < 4.78 is 5.19. The summed E-state index contributed by atoms with van der Waals surface area (Å²) in [5.74, 6) is 1.61. The SMILES string of the molecule is CC[C@H](C)CNC(=O)CCCc1ccc(OC)cc1C. The summed E-state index contributed by atoms with van der Waals surface area (Å²) in [5.41, 5.74) is 2.52. The fraction of sp³-hybridized carbons (Fsp3) is 0.588. The van der Waals surface area contributed by atoms with Gasteiger partial charge in [0, 0.05) is 13.0 Å². The topological polar surface area (TPSA) is 38.3 Å². The minimum Gasteiger partial charge on any atom is -0.497 e. The highest BCUT2D eigenvalue weighted by Crippen LogP contribution is 2.18. The molecular formula is C17H27NO2. The lowest BCUT2D eigenvalue weighted by Crippen LogP contribution is -2.27. The van der Waals surface area contributed by atoms with E-state index in [0.29, 0.717) is 12.3 Å². The fourth-order valence-electron chi connectivity index (χ4n) is 2.04. The van der Waals surface area contributed by atoms with Crippen LogP contribution < -0.4 is 10.1 Å². The largest absolute Gasteiger partial charge is 0.497 e. The van der Waals surface area contributed by atoms with Crippen LogP contribution in [0.15, 0.2) is 18.2 Å². The smallest absolute Gasteiger partial charge is 0.220 e. The lowest BCUT2D eigenvalue weighted by Gasteiger charge is -2.11. The van der Waals surface area contributed by atoms with Crippen molar-refractivity contribution in [3.63, 3.8) is 0 Å². The maximum Gasteiger partial charge on any atom is 0.220 e. The summed E-state index contributed by atoms with van der Waals surface area (Å²) >= 11 is 0. The van der Waals surface area contributed by atoms with Crippen LogP contribution in [0.1, 0.15) is 44.2 Å². The van der Waals surface area contributed by atoms with E-state index in [4.69, 9.17) is 4.74 Å². The van der Waals surface area contributed by atoms with E-state index in [1.54, 1.807) is 7.11 Å². The third-order valence-electron chi connectivity index (χ3n) is 3.74. The molecule has 0 aliphatic carbocycles. The molecular weight excluding hydrogens is 250 g/mol. The molecule has 0 spiro atoms. The summed E-state index contributed by atoms with van der Waals surface area (Å²) in [7, 11) is 1.68. The number of aryl methyl sites for hydroxylation is 2. The van der Waals surface area contributed by atoms with Gasteiger partial charge in [-0.1, -0.05) is 26.3 Å². The average Bonchev–Trinajstić information content (AvgIpc) is 2.46. The molecule has 0 fully saturated rings. The van der Waals surface area contributed by atoms with E-state index in [1.165, 1.54) is 11.1 Å². The number of hydrogen-bond acceptors (Lipinski definition) is 2. The van der Waals surface area contributed by atoms with Crippen LogP contribution >= 0.6 is 0 Å². The third kappa shape index (κ3) is 5.64. The Morgan fingerprint density at radius 3 is 2.75 bits per heavy atom. The van der Waals surface area contributed by atoms with E-state index in [1.807, 2.05) is 12.1 Å². The normalized spacial score (nSPS) is 12.0. The first kappa shape index (κ1) is 16.5. The molecule has 1 N–H and O–H groups in total. The lowest BCUT2D eigenvalue weighted by atomic mass is 10.0. The van der Waals surface area contributed by atoms with E-state index in [0.717, 1.165) is 31.6 Å². The Bertz CT molecular complexity index is 429. The first-order valence-corrected chi connectivity index (χ1v) is 7.47. The monoisotopic (exact) mass is 277 g/mol. The molecule has 0 aliphatic heterocycles. The van der Waals surface area contributed by atoms with Crippen LogP contribution in [0.4, 0.5) is 0 Å². The van der Waals surface area contributed by atoms with Crippen molar-refractivity contribution in [3.8, 4) is 5.75 Å². The Hall–Kier alpha value is -1.51. The first-order valence-electron chi connectivity index (χ1n) is 7.47. The number of carbonyl (C=O) groups excluding carboxylic acids is 1. The van der Waals surface area contributed by atoms with Gasteiger partial charge in [-0.3, -0.25) is 4.79 Å². The van der Waals surface area contributed by atoms with Gasteiger partial charge in [0.1, 0.15) is 5.75 Å². The third-order valence-corrected chi connectivity index (χ3v) is 3.74. The molecule has 1 aromatic carbocycles. The van der Waals surface area contributed by atoms with Crippen LogP contribution in [-0.2, 0) is 11.2 Å². The van der Waals surface area contributed by atoms with Gasteiger partial charge in [-0.05, 0) is 48.9 Å². The number of benzene rings is 1. The fourth-order valence-corrected chi connectivity index (χ4v) is 2.04. The minimum atomic E-state index is 0.163. The second kappa shape index (κ2) is 8.62. The molecule has 1 aromatic rings. The molecule has 112 valence electrons. The Kier molecular flexibility index (Phi) is 7.13. The van der Waals surface area contributed by atoms with Gasteiger partial charge in [0.2, 0.25) is 5.91 Å². The number of ether oxygens (including phenoxy) is 1. The minimum absolute atomic E-state index is 0.163. The molecule has 0 saturated carbocycles. The second-order valence-electron chi connectivity index (χ2n) is 5.46. The molecule has 3 nitrogen and oxygen atoms in total. The Balaban J connectivity index is 2.32. The van der Waals surface area contributed by atoms with E-state index in [2.05, 4.69) is 32.2 Å². The van der Waals surface area contributed by atoms with Crippen LogP contribution in [-0.4, -0.2) is 19.6 Å². The highest BCUT2D eigenvalue weighted by Gasteiger charge is 2.05. The molecule has 1 rings (SSSR count). The zero-order valence-corrected chi connectivity index (χ0v) is 13.2. The summed E-state index contributed by atoms with van der Waals surface area (Å²) in [4.78, 5) is 11.7. The molecule has 0 unspecified atom stereocenters. The summed E-state index contributed by atoms with van der Waals surface area (Å²) in [6.07, 6.45) is 3.53. The van der Waals surface area contributed by atoms with Crippen molar-refractivity contribution in [1.82, 2.24) is 5.32 Å². The predicted molar refractivity (Wildman–Crippen MR) is 83.1 cm³/mol. The van der Waals surface area contributed by atoms with E-state index in [9.17, 15) is 4.79 Å². The number of methoxy groups -OCH3 is 1. The Labute approximate surface area is 122 Å². The van der Waals surface area contributed by atoms with Gasteiger partial charge < -0.3 is 10.1 Å². The van der Waals surface area contributed by atoms with Gasteiger partial charge in [-0.2, -0.15) is 0 Å². The molecule has 0 radical (unpaired) electrons. The first-order chi connectivity index (χ1) is 9.56. The van der Waals surface area contributed by atoms with Crippen LogP contribution in [0, 0.1) is 12.8 Å². The van der Waals surface area contributed by atoms with Gasteiger partial charge in [-0.25, -0.2) is 0 Å². The lowest BCUT2D eigenvalue weighted by molar-refractivity contribution is -0.121. The van der Waals surface area contributed by atoms with Crippen molar-refractivity contribution >= 4 is 5.91 Å². The standard InChI is InChI=1S/C17H27NO2/c1-5-13(2)12-18-17(19)8-6-7-15-9-10-16(20-4)11-14(15)3/h9-11,13H,5-8,12H2,1-4H3,(H,18,19)/t13-/m0/s1. The van der Waals surface area contributed by atoms with Crippen molar-refractivity contribution in [1.29, 1.82) is 0 Å². The molecule has 0 bridgehead atoms. The van der Waals surface area contributed by atoms with Crippen molar-refractivity contribution in [2.45, 2.75) is 46.5 Å². The quantitative estimate of drug-likeness (QED) is 0.790. The van der Waals surface area contributed by atoms with Crippen molar-refractivity contribution in [3.05, 3.63) is 29.3 Å². The van der Waals surface area contributed by atoms with E-state index >= 15 is 0 Å². The van der Waals surface area contributed by atoms with Crippen molar-refractivity contribution < 1.29 is 9.53 Å². The maximum absolute atomic E-state index is 11.7. The Morgan fingerprint density at radius 1 is 1.40 bits per heavy atom. The van der Waals surface area contributed by atoms with E-state index < -0.39 is 0 Å². The highest BCUT2D eigenvalue weighted by atomic mass is 16.5. The molecule has 0 aliphatic rings. The van der Waals surface area contributed by atoms with Crippen molar-refractivity contribution in [2.75, 3.05) is 13.7 Å². The summed E-state index contributed by atoms with van der Waals surface area (Å²) in [6, 6.07) is 6.11. The van der Waals surface area contributed by atoms with Crippen molar-refractivity contribution in [2.24, 2.45) is 5.92 Å². The second-order valence-corrected chi connectivity index (χ2v) is 5.46. The molecule has 20 heavy (non-hydrogen) atoms. The maximum atomic E-state index is 11.7. The van der Waals surface area contributed by atoms with Crippen LogP contribution in [0.5, 0.6) is 5.75 Å². The number of nitrogens with one attached hydrogen (secondary N) is 1. The molecule has 1 amide bonds. The van der Waals surface area contributed by atoms with E-state index in [-0.39, 0.29) is 5.91 Å². The van der Waals surface area contributed by atoms with Gasteiger partial charge in [0.05, 0.1) is 7.11 Å². The molecule has 0 heterocycles. The zero-order valence-electron chi connectivity index (χ0n) is 13.2. The summed E-state index contributed by atoms with van der Waals surface area (Å²) in [5, 5.41) is 2.99. The Morgan fingerprint density at radius 2 is 2.15 bits per heavy atom. The van der Waals surface area contributed by atoms with Gasteiger partial charge in [0.25, 0.3) is 0 Å². The van der Waals surface area contributed by atoms with Crippen LogP contribution in [0.3, 0.4) is 0 Å². The molecule has 3 heteroatoms. The number of carbonyl (C=O) groups is 1. The van der Waals surface area contributed by atoms with Gasteiger partial charge >= 0.3 is 0 Å². The molecule has 0 saturated heterocycles. The molecule has 0 aromatic heterocycles. The van der Waals surface area contributed by atoms with Gasteiger partial charge in [-0.15, -0.1) is 0 Å². The number of rotatable bonds is 8. The summed E-state index contributed by atoms with van der Waals surface area (Å²) in [6.45, 7) is 7.17. The van der Waals surface area contributed by atoms with Crippen LogP contribution in [0.25, 0.3) is 0 Å². The predicted octanol–water partition coefficient (Wildman–Crippen LogP) is 3.49. The zero-order chi connectivity index (χ0) is 15.0. The molecule has 1 atom stereocenters. The number of hydrogen-bond donors (Lipinski definition) is 1.